The van der Waals surface area contributed by atoms with Gasteiger partial charge in [-0.05, 0) is 46.9 Å². The molecule has 3 atom stereocenters. The molecule has 2 bridgehead atoms. The number of hydrogen-bond donors (Lipinski definition) is 1. The zero-order valence-corrected chi connectivity index (χ0v) is 13.0. The van der Waals surface area contributed by atoms with Crippen LogP contribution in [-0.4, -0.2) is 9.94 Å². The van der Waals surface area contributed by atoms with E-state index in [0.29, 0.717) is 29.0 Å². The van der Waals surface area contributed by atoms with Crippen molar-refractivity contribution in [3.8, 4) is 22.5 Å². The Bertz CT molecular complexity index is 1000. The molecule has 24 heavy (non-hydrogen) atoms. The minimum Gasteiger partial charge on any atom is -0.710 e. The third kappa shape index (κ3) is 1.30. The van der Waals surface area contributed by atoms with Crippen LogP contribution in [0.1, 0.15) is 24.6 Å². The summed E-state index contributed by atoms with van der Waals surface area (Å²) in [5.74, 6) is 1.55. The summed E-state index contributed by atoms with van der Waals surface area (Å²) >= 11 is 0. The Morgan fingerprint density at radius 1 is 1.04 bits per heavy atom. The van der Waals surface area contributed by atoms with E-state index in [1.54, 1.807) is 0 Å². The van der Waals surface area contributed by atoms with Gasteiger partial charge in [-0.1, -0.05) is 36.4 Å². The first-order valence-corrected chi connectivity index (χ1v) is 8.52. The SMILES string of the molecule is [O-][n+]1c2c(n(O)c1[C@@H]1C[C@H]3C=C[C@H]1C3)-c1cccc3cccc-2c13. The van der Waals surface area contributed by atoms with Gasteiger partial charge in [0.15, 0.2) is 5.69 Å². The number of rotatable bonds is 1. The second-order valence-electron chi connectivity index (χ2n) is 7.26. The minimum absolute atomic E-state index is 0.111. The van der Waals surface area contributed by atoms with Crippen molar-refractivity contribution in [2.24, 2.45) is 11.8 Å². The lowest BCUT2D eigenvalue weighted by atomic mass is 9.93. The molecule has 0 amide bonds. The van der Waals surface area contributed by atoms with Crippen molar-refractivity contribution < 1.29 is 9.94 Å². The van der Waals surface area contributed by atoms with Crippen LogP contribution in [0.4, 0.5) is 0 Å². The molecule has 0 unspecified atom stereocenters. The molecule has 3 aromatic rings. The van der Waals surface area contributed by atoms with E-state index >= 15 is 0 Å². The van der Waals surface area contributed by atoms with Crippen LogP contribution in [0, 0.1) is 17.0 Å². The topological polar surface area (TPSA) is 52.1 Å². The number of fused-ring (bicyclic) bond motifs is 5. The average molecular weight is 316 g/mol. The van der Waals surface area contributed by atoms with Crippen molar-refractivity contribution in [1.82, 2.24) is 4.73 Å². The van der Waals surface area contributed by atoms with Gasteiger partial charge < -0.3 is 10.4 Å². The van der Waals surface area contributed by atoms with E-state index in [4.69, 9.17) is 0 Å². The molecule has 3 aliphatic carbocycles. The third-order valence-corrected chi connectivity index (χ3v) is 6.09. The van der Waals surface area contributed by atoms with Gasteiger partial charge in [-0.2, -0.15) is 0 Å². The Hall–Kier alpha value is -2.75. The van der Waals surface area contributed by atoms with Gasteiger partial charge in [0.1, 0.15) is 0 Å². The highest BCUT2D eigenvalue weighted by atomic mass is 16.5. The van der Waals surface area contributed by atoms with Crippen molar-refractivity contribution in [3.05, 3.63) is 59.6 Å². The summed E-state index contributed by atoms with van der Waals surface area (Å²) in [6.45, 7) is 0. The lowest BCUT2D eigenvalue weighted by Gasteiger charge is -2.17. The quantitative estimate of drug-likeness (QED) is 0.251. The third-order valence-electron chi connectivity index (χ3n) is 6.09. The Morgan fingerprint density at radius 3 is 2.54 bits per heavy atom. The smallest absolute Gasteiger partial charge is 0.304 e. The van der Waals surface area contributed by atoms with Crippen LogP contribution in [0.2, 0.25) is 0 Å². The predicted molar refractivity (Wildman–Crippen MR) is 90.6 cm³/mol. The van der Waals surface area contributed by atoms with Gasteiger partial charge in [0.25, 0.3) is 0 Å². The highest BCUT2D eigenvalue weighted by Gasteiger charge is 2.46. The van der Waals surface area contributed by atoms with Gasteiger partial charge in [0.2, 0.25) is 5.69 Å². The molecular formula is C20H16N2O2. The van der Waals surface area contributed by atoms with Crippen LogP contribution >= 0.6 is 0 Å². The van der Waals surface area contributed by atoms with Crippen molar-refractivity contribution in [3.63, 3.8) is 0 Å². The van der Waals surface area contributed by atoms with Gasteiger partial charge in [0.05, 0.1) is 5.92 Å². The summed E-state index contributed by atoms with van der Waals surface area (Å²) < 4.78 is 2.17. The summed E-state index contributed by atoms with van der Waals surface area (Å²) in [5, 5.41) is 26.2. The van der Waals surface area contributed by atoms with Crippen LogP contribution in [0.25, 0.3) is 33.3 Å². The van der Waals surface area contributed by atoms with Crippen molar-refractivity contribution in [2.75, 3.05) is 0 Å². The largest absolute Gasteiger partial charge is 0.710 e. The van der Waals surface area contributed by atoms with Crippen molar-refractivity contribution in [2.45, 2.75) is 18.8 Å². The molecule has 3 aliphatic rings. The van der Waals surface area contributed by atoms with Crippen LogP contribution in [0.3, 0.4) is 0 Å². The molecule has 1 fully saturated rings. The second-order valence-corrected chi connectivity index (χ2v) is 7.26. The average Bonchev–Trinajstić information content (AvgIpc) is 3.33. The van der Waals surface area contributed by atoms with Gasteiger partial charge in [-0.15, -0.1) is 0 Å². The highest BCUT2D eigenvalue weighted by Crippen LogP contribution is 2.51. The lowest BCUT2D eigenvalue weighted by Crippen LogP contribution is -2.35. The maximum atomic E-state index is 13.2. The normalized spacial score (nSPS) is 25.8. The summed E-state index contributed by atoms with van der Waals surface area (Å²) in [7, 11) is 0. The number of aromatic nitrogens is 2. The van der Waals surface area contributed by atoms with Gasteiger partial charge in [-0.3, -0.25) is 0 Å². The lowest BCUT2D eigenvalue weighted by molar-refractivity contribution is -0.606. The van der Waals surface area contributed by atoms with Crippen LogP contribution < -0.4 is 4.73 Å². The first-order valence-electron chi connectivity index (χ1n) is 8.52. The van der Waals surface area contributed by atoms with Gasteiger partial charge in [-0.25, -0.2) is 4.73 Å². The Labute approximate surface area is 138 Å². The molecule has 0 saturated heterocycles. The molecule has 6 rings (SSSR count). The van der Waals surface area contributed by atoms with E-state index in [9.17, 15) is 10.4 Å². The fourth-order valence-electron chi connectivity index (χ4n) is 5.11. The highest BCUT2D eigenvalue weighted by molar-refractivity contribution is 6.12. The van der Waals surface area contributed by atoms with Crippen molar-refractivity contribution in [1.29, 1.82) is 0 Å². The monoisotopic (exact) mass is 316 g/mol. The molecule has 118 valence electrons. The van der Waals surface area contributed by atoms with E-state index in [1.807, 2.05) is 36.4 Å². The Balaban J connectivity index is 1.66. The number of nitrogens with zero attached hydrogens (tertiary/aromatic N) is 2. The number of allylic oxidation sites excluding steroid dienone is 2. The summed E-state index contributed by atoms with van der Waals surface area (Å²) in [4.78, 5) is 0. The Kier molecular flexibility index (Phi) is 2.11. The van der Waals surface area contributed by atoms with E-state index in [1.165, 1.54) is 4.73 Å². The zero-order valence-electron chi connectivity index (χ0n) is 13.0. The summed E-state index contributed by atoms with van der Waals surface area (Å²) in [5.41, 5.74) is 3.14. The zero-order chi connectivity index (χ0) is 16.0. The molecule has 1 N–H and O–H groups in total. The fraction of sp³-hybridized carbons (Fsp3) is 0.250. The predicted octanol–water partition coefficient (Wildman–Crippen LogP) is 3.84. The molecular weight excluding hydrogens is 300 g/mol. The maximum absolute atomic E-state index is 13.2. The summed E-state index contributed by atoms with van der Waals surface area (Å²) in [6.07, 6.45) is 6.53. The molecule has 0 radical (unpaired) electrons. The standard InChI is InChI=1S/C20H16N2O2/c23-21-18-14-5-1-3-12-4-2-6-15(17(12)14)19(18)22(24)20(21)16-10-11-7-8-13(16)9-11/h1-8,11,13,16,23H,9-10H2/t11-,13-,16+/m0/s1. The van der Waals surface area contributed by atoms with E-state index in [2.05, 4.69) is 12.2 Å². The number of hydrogen-bond acceptors (Lipinski definition) is 2. The first-order chi connectivity index (χ1) is 11.7. The molecule has 4 nitrogen and oxygen atoms in total. The molecule has 0 aliphatic heterocycles. The first kappa shape index (κ1) is 12.6. The molecule has 1 aromatic heterocycles. The van der Waals surface area contributed by atoms with E-state index in [-0.39, 0.29) is 5.92 Å². The molecule has 1 saturated carbocycles. The van der Waals surface area contributed by atoms with Gasteiger partial charge in [0, 0.05) is 16.5 Å². The Morgan fingerprint density at radius 2 is 1.83 bits per heavy atom. The van der Waals surface area contributed by atoms with Crippen LogP contribution in [0.5, 0.6) is 0 Å². The minimum atomic E-state index is 0.111. The molecule has 0 spiro atoms. The van der Waals surface area contributed by atoms with Gasteiger partial charge >= 0.3 is 5.82 Å². The number of benzene rings is 2. The second kappa shape index (κ2) is 4.01. The molecule has 2 aromatic carbocycles. The summed E-state index contributed by atoms with van der Waals surface area (Å²) in [6, 6.07) is 12.0. The molecule has 1 heterocycles. The molecule has 4 heteroatoms. The van der Waals surface area contributed by atoms with E-state index in [0.717, 1.165) is 39.5 Å². The van der Waals surface area contributed by atoms with E-state index < -0.39 is 0 Å². The van der Waals surface area contributed by atoms with Crippen LogP contribution in [-0.2, 0) is 0 Å². The van der Waals surface area contributed by atoms with Crippen LogP contribution in [0.15, 0.2) is 48.6 Å². The van der Waals surface area contributed by atoms with Crippen molar-refractivity contribution >= 4 is 10.8 Å². The fourth-order valence-corrected chi connectivity index (χ4v) is 5.11. The maximum Gasteiger partial charge on any atom is 0.304 e. The number of imidazole rings is 1.